The number of carbonyl (C=O) groups excluding carboxylic acids is 1. The van der Waals surface area contributed by atoms with Gasteiger partial charge < -0.3 is 5.32 Å². The summed E-state index contributed by atoms with van der Waals surface area (Å²) in [7, 11) is -3.46. The van der Waals surface area contributed by atoms with Crippen molar-refractivity contribution in [3.63, 3.8) is 0 Å². The Hall–Kier alpha value is -2.92. The predicted molar refractivity (Wildman–Crippen MR) is 112 cm³/mol. The van der Waals surface area contributed by atoms with Crippen LogP contribution in [0.1, 0.15) is 41.3 Å². The highest BCUT2D eigenvalue weighted by atomic mass is 32.2. The fraction of sp³-hybridized carbons (Fsp3) is 0.174. The summed E-state index contributed by atoms with van der Waals surface area (Å²) in [5.74, 6) is 0.00515. The van der Waals surface area contributed by atoms with Gasteiger partial charge in [0.25, 0.3) is 5.91 Å². The van der Waals surface area contributed by atoms with Crippen LogP contribution in [0.2, 0.25) is 0 Å². The van der Waals surface area contributed by atoms with Crippen LogP contribution < -0.4 is 5.32 Å². The van der Waals surface area contributed by atoms with Crippen molar-refractivity contribution in [2.45, 2.75) is 30.4 Å². The molecule has 0 saturated heterocycles. The van der Waals surface area contributed by atoms with Crippen LogP contribution in [-0.2, 0) is 15.6 Å². The number of anilines is 1. The van der Waals surface area contributed by atoms with Gasteiger partial charge in [0.15, 0.2) is 9.84 Å². The van der Waals surface area contributed by atoms with Gasteiger partial charge in [0.2, 0.25) is 0 Å². The van der Waals surface area contributed by atoms with E-state index in [9.17, 15) is 13.2 Å². The average Bonchev–Trinajstić information content (AvgIpc) is 2.69. The summed E-state index contributed by atoms with van der Waals surface area (Å²) >= 11 is 0. The maximum absolute atomic E-state index is 12.6. The standard InChI is InChI=1S/C23H23NO3S/c1-17(2)19-11-13-21(14-12-19)24-23(25)20-8-6-7-18(15-20)16-28(26,27)22-9-4-3-5-10-22/h3-15,17H,16H2,1-2H3,(H,24,25). The van der Waals surface area contributed by atoms with E-state index in [1.54, 1.807) is 54.6 Å². The lowest BCUT2D eigenvalue weighted by Gasteiger charge is -2.10. The molecule has 0 aliphatic heterocycles. The minimum atomic E-state index is -3.46. The first-order valence-corrected chi connectivity index (χ1v) is 10.8. The van der Waals surface area contributed by atoms with Gasteiger partial charge in [-0.25, -0.2) is 8.42 Å². The molecule has 0 saturated carbocycles. The Kier molecular flexibility index (Phi) is 5.95. The van der Waals surface area contributed by atoms with Crippen LogP contribution in [0.5, 0.6) is 0 Å². The van der Waals surface area contributed by atoms with Gasteiger partial charge in [-0.05, 0) is 53.4 Å². The van der Waals surface area contributed by atoms with Gasteiger partial charge in [0.05, 0.1) is 10.6 Å². The molecule has 0 bridgehead atoms. The molecule has 0 aromatic heterocycles. The Morgan fingerprint density at radius 1 is 0.893 bits per heavy atom. The Balaban J connectivity index is 1.74. The summed E-state index contributed by atoms with van der Waals surface area (Å²) < 4.78 is 25.1. The summed E-state index contributed by atoms with van der Waals surface area (Å²) in [5, 5.41) is 2.86. The van der Waals surface area contributed by atoms with E-state index in [0.29, 0.717) is 22.7 Å². The van der Waals surface area contributed by atoms with Gasteiger partial charge in [-0.3, -0.25) is 4.79 Å². The second-order valence-corrected chi connectivity index (χ2v) is 8.99. The minimum absolute atomic E-state index is 0.152. The number of carbonyl (C=O) groups is 1. The molecule has 0 unspecified atom stereocenters. The molecule has 3 aromatic rings. The van der Waals surface area contributed by atoms with Crippen LogP contribution in [0.4, 0.5) is 5.69 Å². The Bertz CT molecular complexity index is 1060. The maximum atomic E-state index is 12.6. The quantitative estimate of drug-likeness (QED) is 0.638. The van der Waals surface area contributed by atoms with Crippen molar-refractivity contribution in [3.05, 3.63) is 95.6 Å². The third-order valence-corrected chi connectivity index (χ3v) is 6.19. The summed E-state index contributed by atoms with van der Waals surface area (Å²) in [6, 6.07) is 22.8. The first-order valence-electron chi connectivity index (χ1n) is 9.13. The fourth-order valence-electron chi connectivity index (χ4n) is 2.89. The predicted octanol–water partition coefficient (Wildman–Crippen LogP) is 5.04. The molecule has 0 aliphatic carbocycles. The van der Waals surface area contributed by atoms with Crippen molar-refractivity contribution >= 4 is 21.4 Å². The molecule has 0 aliphatic rings. The highest BCUT2D eigenvalue weighted by Gasteiger charge is 2.16. The van der Waals surface area contributed by atoms with Crippen molar-refractivity contribution in [2.24, 2.45) is 0 Å². The molecule has 28 heavy (non-hydrogen) atoms. The zero-order valence-corrected chi connectivity index (χ0v) is 16.7. The molecule has 1 N–H and O–H groups in total. The fourth-order valence-corrected chi connectivity index (χ4v) is 4.24. The smallest absolute Gasteiger partial charge is 0.255 e. The molecule has 1 amide bonds. The number of sulfone groups is 1. The summed E-state index contributed by atoms with van der Waals surface area (Å²) in [4.78, 5) is 12.8. The topological polar surface area (TPSA) is 63.2 Å². The lowest BCUT2D eigenvalue weighted by molar-refractivity contribution is 0.102. The molecule has 4 nitrogen and oxygen atoms in total. The van der Waals surface area contributed by atoms with Crippen molar-refractivity contribution < 1.29 is 13.2 Å². The molecule has 0 fully saturated rings. The molecule has 0 radical (unpaired) electrons. The minimum Gasteiger partial charge on any atom is -0.322 e. The van der Waals surface area contributed by atoms with E-state index in [0.717, 1.165) is 0 Å². The SMILES string of the molecule is CC(C)c1ccc(NC(=O)c2cccc(CS(=O)(=O)c3ccccc3)c2)cc1. The Labute approximate surface area is 166 Å². The van der Waals surface area contributed by atoms with E-state index in [1.807, 2.05) is 24.3 Å². The van der Waals surface area contributed by atoms with Gasteiger partial charge in [0, 0.05) is 11.3 Å². The van der Waals surface area contributed by atoms with Crippen molar-refractivity contribution in [1.29, 1.82) is 0 Å². The van der Waals surface area contributed by atoms with Crippen LogP contribution in [-0.4, -0.2) is 14.3 Å². The molecule has 0 spiro atoms. The molecule has 3 rings (SSSR count). The largest absolute Gasteiger partial charge is 0.322 e. The zero-order valence-electron chi connectivity index (χ0n) is 15.9. The zero-order chi connectivity index (χ0) is 20.1. The summed E-state index contributed by atoms with van der Waals surface area (Å²) in [5.41, 5.74) is 2.91. The third kappa shape index (κ3) is 4.87. The highest BCUT2D eigenvalue weighted by molar-refractivity contribution is 7.90. The van der Waals surface area contributed by atoms with E-state index in [1.165, 1.54) is 5.56 Å². The van der Waals surface area contributed by atoms with Gasteiger partial charge in [0.1, 0.15) is 0 Å². The second-order valence-electron chi connectivity index (χ2n) is 7.00. The number of rotatable bonds is 6. The van der Waals surface area contributed by atoms with Crippen LogP contribution in [0.15, 0.2) is 83.8 Å². The number of nitrogens with one attached hydrogen (secondary N) is 1. The molecule has 144 valence electrons. The van der Waals surface area contributed by atoms with E-state index >= 15 is 0 Å². The Morgan fingerprint density at radius 2 is 1.57 bits per heavy atom. The molecule has 0 atom stereocenters. The van der Waals surface area contributed by atoms with Crippen molar-refractivity contribution in [1.82, 2.24) is 0 Å². The normalized spacial score (nSPS) is 11.4. The molecule has 5 heteroatoms. The van der Waals surface area contributed by atoms with E-state index < -0.39 is 9.84 Å². The average molecular weight is 394 g/mol. The van der Waals surface area contributed by atoms with Gasteiger partial charge in [-0.15, -0.1) is 0 Å². The van der Waals surface area contributed by atoms with E-state index in [4.69, 9.17) is 0 Å². The molecule has 3 aromatic carbocycles. The van der Waals surface area contributed by atoms with E-state index in [-0.39, 0.29) is 16.6 Å². The van der Waals surface area contributed by atoms with Gasteiger partial charge in [-0.2, -0.15) is 0 Å². The highest BCUT2D eigenvalue weighted by Crippen LogP contribution is 2.19. The monoisotopic (exact) mass is 393 g/mol. The molecular weight excluding hydrogens is 370 g/mol. The Morgan fingerprint density at radius 3 is 2.21 bits per heavy atom. The van der Waals surface area contributed by atoms with Crippen molar-refractivity contribution in [3.8, 4) is 0 Å². The first-order chi connectivity index (χ1) is 13.3. The first kappa shape index (κ1) is 19.8. The van der Waals surface area contributed by atoms with Crippen molar-refractivity contribution in [2.75, 3.05) is 5.32 Å². The van der Waals surface area contributed by atoms with Crippen LogP contribution >= 0.6 is 0 Å². The number of hydrogen-bond acceptors (Lipinski definition) is 3. The lowest BCUT2D eigenvalue weighted by atomic mass is 10.0. The number of amides is 1. The molecular formula is C23H23NO3S. The van der Waals surface area contributed by atoms with Crippen LogP contribution in [0, 0.1) is 0 Å². The van der Waals surface area contributed by atoms with E-state index in [2.05, 4.69) is 19.2 Å². The summed E-state index contributed by atoms with van der Waals surface area (Å²) in [6.45, 7) is 4.23. The second kappa shape index (κ2) is 8.40. The van der Waals surface area contributed by atoms with Gasteiger partial charge in [-0.1, -0.05) is 56.3 Å². The van der Waals surface area contributed by atoms with Crippen LogP contribution in [0.3, 0.4) is 0 Å². The van der Waals surface area contributed by atoms with Gasteiger partial charge >= 0.3 is 0 Å². The molecule has 0 heterocycles. The lowest BCUT2D eigenvalue weighted by Crippen LogP contribution is -2.13. The number of benzene rings is 3. The maximum Gasteiger partial charge on any atom is 0.255 e. The third-order valence-electron chi connectivity index (χ3n) is 4.48. The summed E-state index contributed by atoms with van der Waals surface area (Å²) in [6.07, 6.45) is 0. The number of hydrogen-bond donors (Lipinski definition) is 1. The van der Waals surface area contributed by atoms with Crippen LogP contribution in [0.25, 0.3) is 0 Å².